The predicted molar refractivity (Wildman–Crippen MR) is 76.5 cm³/mol. The van der Waals surface area contributed by atoms with E-state index in [9.17, 15) is 14.5 Å². The molecule has 0 atom stereocenters. The number of nitro groups is 1. The van der Waals surface area contributed by atoms with Crippen LogP contribution in [0.2, 0.25) is 5.02 Å². The van der Waals surface area contributed by atoms with E-state index in [1.165, 1.54) is 18.2 Å². The number of halogens is 3. The molecule has 0 fully saturated rings. The van der Waals surface area contributed by atoms with E-state index in [1.54, 1.807) is 12.1 Å². The van der Waals surface area contributed by atoms with Gasteiger partial charge >= 0.3 is 0 Å². The summed E-state index contributed by atoms with van der Waals surface area (Å²) in [6.07, 6.45) is 0. The third-order valence-corrected chi connectivity index (χ3v) is 3.74. The van der Waals surface area contributed by atoms with E-state index in [-0.39, 0.29) is 17.3 Å². The molecule has 0 N–H and O–H groups in total. The maximum atomic E-state index is 12.9. The van der Waals surface area contributed by atoms with Gasteiger partial charge in [-0.15, -0.1) is 0 Å². The van der Waals surface area contributed by atoms with Crippen molar-refractivity contribution in [1.29, 1.82) is 0 Å². The van der Waals surface area contributed by atoms with Gasteiger partial charge in [0.25, 0.3) is 5.69 Å². The zero-order valence-corrected chi connectivity index (χ0v) is 12.3. The van der Waals surface area contributed by atoms with Crippen LogP contribution in [0.4, 0.5) is 10.1 Å². The normalized spacial score (nSPS) is 10.3. The summed E-state index contributed by atoms with van der Waals surface area (Å²) in [6.45, 7) is 0.0770. The minimum Gasteiger partial charge on any atom is -0.487 e. The number of benzene rings is 2. The molecule has 20 heavy (non-hydrogen) atoms. The van der Waals surface area contributed by atoms with Crippen LogP contribution in [0, 0.1) is 15.9 Å². The van der Waals surface area contributed by atoms with Crippen molar-refractivity contribution in [3.63, 3.8) is 0 Å². The van der Waals surface area contributed by atoms with E-state index in [2.05, 4.69) is 15.9 Å². The van der Waals surface area contributed by atoms with Crippen molar-refractivity contribution >= 4 is 33.2 Å². The molecule has 4 nitrogen and oxygen atoms in total. The molecule has 0 unspecified atom stereocenters. The highest BCUT2D eigenvalue weighted by atomic mass is 79.9. The summed E-state index contributed by atoms with van der Waals surface area (Å²) in [5.74, 6) is -0.148. The minimum absolute atomic E-state index is 0.0451. The second-order valence-corrected chi connectivity index (χ2v) is 5.07. The van der Waals surface area contributed by atoms with Crippen LogP contribution < -0.4 is 4.74 Å². The van der Waals surface area contributed by atoms with Crippen LogP contribution >= 0.6 is 27.5 Å². The van der Waals surface area contributed by atoms with Gasteiger partial charge in [0.05, 0.1) is 9.95 Å². The Bertz CT molecular complexity index is 666. The summed E-state index contributed by atoms with van der Waals surface area (Å²) in [5, 5.41) is 11.0. The van der Waals surface area contributed by atoms with E-state index in [0.29, 0.717) is 15.8 Å². The molecule has 0 heterocycles. The Morgan fingerprint density at radius 1 is 1.35 bits per heavy atom. The second-order valence-electron chi connectivity index (χ2n) is 3.87. The smallest absolute Gasteiger partial charge is 0.283 e. The van der Waals surface area contributed by atoms with Gasteiger partial charge in [0, 0.05) is 11.6 Å². The number of ether oxygens (including phenoxy) is 1. The Morgan fingerprint density at radius 3 is 2.75 bits per heavy atom. The van der Waals surface area contributed by atoms with Crippen molar-refractivity contribution in [1.82, 2.24) is 0 Å². The van der Waals surface area contributed by atoms with E-state index < -0.39 is 10.7 Å². The number of rotatable bonds is 4. The largest absolute Gasteiger partial charge is 0.487 e. The van der Waals surface area contributed by atoms with Crippen LogP contribution in [0.15, 0.2) is 40.9 Å². The van der Waals surface area contributed by atoms with Crippen molar-refractivity contribution < 1.29 is 14.1 Å². The average molecular weight is 361 g/mol. The van der Waals surface area contributed by atoms with Gasteiger partial charge in [-0.2, -0.15) is 0 Å². The topological polar surface area (TPSA) is 52.4 Å². The maximum absolute atomic E-state index is 12.9. The first kappa shape index (κ1) is 14.7. The van der Waals surface area contributed by atoms with Crippen LogP contribution in [0.3, 0.4) is 0 Å². The zero-order chi connectivity index (χ0) is 14.7. The molecule has 0 aliphatic rings. The van der Waals surface area contributed by atoms with Crippen molar-refractivity contribution in [2.75, 3.05) is 0 Å². The molecule has 0 radical (unpaired) electrons. The van der Waals surface area contributed by atoms with Gasteiger partial charge in [-0.3, -0.25) is 10.1 Å². The molecular weight excluding hydrogens is 353 g/mol. The van der Waals surface area contributed by atoms with Crippen LogP contribution in [0.5, 0.6) is 5.75 Å². The maximum Gasteiger partial charge on any atom is 0.283 e. The number of hydrogen-bond acceptors (Lipinski definition) is 3. The molecule has 0 saturated heterocycles. The SMILES string of the molecule is O=[N+]([O-])c1cccc(COc2ccc(F)cc2Cl)c1Br. The molecule has 2 aromatic rings. The third kappa shape index (κ3) is 3.26. The van der Waals surface area contributed by atoms with Crippen molar-refractivity contribution in [3.05, 3.63) is 67.4 Å². The third-order valence-electron chi connectivity index (χ3n) is 2.53. The lowest BCUT2D eigenvalue weighted by Gasteiger charge is -2.09. The molecule has 0 spiro atoms. The molecule has 0 amide bonds. The Hall–Kier alpha value is -1.66. The zero-order valence-electron chi connectivity index (χ0n) is 9.98. The molecule has 2 rings (SSSR count). The van der Waals surface area contributed by atoms with Crippen molar-refractivity contribution in [3.8, 4) is 5.75 Å². The summed E-state index contributed by atoms with van der Waals surface area (Å²) >= 11 is 9.00. The quantitative estimate of drug-likeness (QED) is 0.585. The fourth-order valence-corrected chi connectivity index (χ4v) is 2.31. The fraction of sp³-hybridized carbons (Fsp3) is 0.0769. The van der Waals surface area contributed by atoms with Gasteiger partial charge in [0.15, 0.2) is 0 Å². The summed E-state index contributed by atoms with van der Waals surface area (Å²) in [7, 11) is 0. The highest BCUT2D eigenvalue weighted by Crippen LogP contribution is 2.30. The van der Waals surface area contributed by atoms with Gasteiger partial charge in [0.1, 0.15) is 22.6 Å². The standard InChI is InChI=1S/C13H8BrClFNO3/c14-13-8(2-1-3-11(13)17(18)19)7-20-12-5-4-9(16)6-10(12)15/h1-6H,7H2. The average Bonchev–Trinajstić information content (AvgIpc) is 2.39. The molecule has 0 aliphatic carbocycles. The fourth-order valence-electron chi connectivity index (χ4n) is 1.57. The number of hydrogen-bond donors (Lipinski definition) is 0. The van der Waals surface area contributed by atoms with Crippen LogP contribution in [-0.2, 0) is 6.61 Å². The van der Waals surface area contributed by atoms with E-state index in [4.69, 9.17) is 16.3 Å². The van der Waals surface area contributed by atoms with Gasteiger partial charge in [0.2, 0.25) is 0 Å². The molecule has 104 valence electrons. The van der Waals surface area contributed by atoms with Crippen LogP contribution in [-0.4, -0.2) is 4.92 Å². The minimum atomic E-state index is -0.488. The van der Waals surface area contributed by atoms with Crippen molar-refractivity contribution in [2.45, 2.75) is 6.61 Å². The van der Waals surface area contributed by atoms with Gasteiger partial charge in [-0.1, -0.05) is 23.7 Å². The molecule has 2 aromatic carbocycles. The van der Waals surface area contributed by atoms with Gasteiger partial charge < -0.3 is 4.74 Å². The second kappa shape index (κ2) is 6.19. The molecule has 0 saturated carbocycles. The Morgan fingerprint density at radius 2 is 2.10 bits per heavy atom. The Balaban J connectivity index is 2.19. The summed E-state index contributed by atoms with van der Waals surface area (Å²) < 4.78 is 18.7. The van der Waals surface area contributed by atoms with Crippen molar-refractivity contribution in [2.24, 2.45) is 0 Å². The first-order valence-electron chi connectivity index (χ1n) is 5.48. The molecule has 0 aliphatic heterocycles. The lowest BCUT2D eigenvalue weighted by molar-refractivity contribution is -0.385. The van der Waals surface area contributed by atoms with Crippen LogP contribution in [0.25, 0.3) is 0 Å². The molecule has 0 aromatic heterocycles. The first-order chi connectivity index (χ1) is 9.49. The summed E-state index contributed by atoms with van der Waals surface area (Å²) in [4.78, 5) is 10.3. The summed E-state index contributed by atoms with van der Waals surface area (Å²) in [6, 6.07) is 8.41. The van der Waals surface area contributed by atoms with E-state index in [1.807, 2.05) is 0 Å². The van der Waals surface area contributed by atoms with Crippen LogP contribution in [0.1, 0.15) is 5.56 Å². The Labute approximate surface area is 127 Å². The van der Waals surface area contributed by atoms with Gasteiger partial charge in [-0.25, -0.2) is 4.39 Å². The van der Waals surface area contributed by atoms with E-state index in [0.717, 1.165) is 6.07 Å². The van der Waals surface area contributed by atoms with E-state index >= 15 is 0 Å². The lowest BCUT2D eigenvalue weighted by Crippen LogP contribution is -1.99. The highest BCUT2D eigenvalue weighted by Gasteiger charge is 2.15. The summed E-state index contributed by atoms with van der Waals surface area (Å²) in [5.41, 5.74) is 0.552. The highest BCUT2D eigenvalue weighted by molar-refractivity contribution is 9.10. The first-order valence-corrected chi connectivity index (χ1v) is 6.66. The molecule has 7 heteroatoms. The van der Waals surface area contributed by atoms with Gasteiger partial charge in [-0.05, 0) is 34.1 Å². The number of nitro benzene ring substituents is 1. The Kier molecular flexibility index (Phi) is 4.57. The molecule has 0 bridgehead atoms. The predicted octanol–water partition coefficient (Wildman–Crippen LogP) is 4.73. The lowest BCUT2D eigenvalue weighted by atomic mass is 10.2. The molecular formula is C13H8BrClFNO3. The monoisotopic (exact) mass is 359 g/mol. The number of nitrogens with zero attached hydrogens (tertiary/aromatic N) is 1.